The highest BCUT2D eigenvalue weighted by atomic mass is 32.1. The van der Waals surface area contributed by atoms with Crippen LogP contribution in [0.4, 0.5) is 0 Å². The molecule has 0 amide bonds. The van der Waals surface area contributed by atoms with E-state index in [0.29, 0.717) is 12.1 Å². The fourth-order valence-electron chi connectivity index (χ4n) is 1.25. The van der Waals surface area contributed by atoms with Crippen molar-refractivity contribution in [2.24, 2.45) is 0 Å². The Morgan fingerprint density at radius 2 is 2.27 bits per heavy atom. The van der Waals surface area contributed by atoms with Crippen LogP contribution in [0.2, 0.25) is 0 Å². The second-order valence-corrected chi connectivity index (χ2v) is 4.42. The van der Waals surface area contributed by atoms with E-state index < -0.39 is 0 Å². The minimum absolute atomic E-state index is 0.577. The zero-order chi connectivity index (χ0) is 10.8. The van der Waals surface area contributed by atoms with Crippen LogP contribution in [0.15, 0.2) is 6.20 Å². The summed E-state index contributed by atoms with van der Waals surface area (Å²) in [7, 11) is 0. The molecule has 0 aliphatic rings. The molecule has 0 bridgehead atoms. The Bertz CT molecular complexity index is 519. The highest BCUT2D eigenvalue weighted by Gasteiger charge is 2.06. The molecule has 0 saturated carbocycles. The van der Waals surface area contributed by atoms with Crippen molar-refractivity contribution in [3.8, 4) is 6.07 Å². The predicted octanol–water partition coefficient (Wildman–Crippen LogP) is 1.27. The molecule has 0 aliphatic heterocycles. The van der Waals surface area contributed by atoms with Gasteiger partial charge in [0.1, 0.15) is 16.1 Å². The Hall–Kier alpha value is -1.74. The first-order chi connectivity index (χ1) is 7.19. The first-order valence-corrected chi connectivity index (χ1v) is 5.24. The molecule has 0 unspecified atom stereocenters. The first-order valence-electron chi connectivity index (χ1n) is 4.42. The van der Waals surface area contributed by atoms with Crippen molar-refractivity contribution < 1.29 is 0 Å². The van der Waals surface area contributed by atoms with Crippen LogP contribution in [0, 0.1) is 25.2 Å². The molecule has 2 rings (SSSR count). The monoisotopic (exact) mass is 219 g/mol. The number of hydrogen-bond donors (Lipinski definition) is 0. The number of aryl methyl sites for hydroxylation is 2. The van der Waals surface area contributed by atoms with Gasteiger partial charge >= 0.3 is 0 Å². The Labute approximate surface area is 91.0 Å². The molecule has 0 aliphatic carbocycles. The van der Waals surface area contributed by atoms with Gasteiger partial charge in [-0.1, -0.05) is 11.3 Å². The molecule has 0 fully saturated rings. The molecular formula is C9H9N5S. The van der Waals surface area contributed by atoms with Crippen LogP contribution in [-0.4, -0.2) is 20.0 Å². The predicted molar refractivity (Wildman–Crippen MR) is 55.4 cm³/mol. The van der Waals surface area contributed by atoms with Gasteiger partial charge < -0.3 is 0 Å². The van der Waals surface area contributed by atoms with Crippen LogP contribution in [-0.2, 0) is 6.54 Å². The molecule has 0 N–H and O–H groups in total. The molecule has 6 heteroatoms. The van der Waals surface area contributed by atoms with Crippen molar-refractivity contribution in [2.75, 3.05) is 0 Å². The topological polar surface area (TPSA) is 67.4 Å². The lowest BCUT2D eigenvalue weighted by Gasteiger charge is -1.94. The van der Waals surface area contributed by atoms with Gasteiger partial charge in [-0.2, -0.15) is 10.4 Å². The fourth-order valence-corrected chi connectivity index (χ4v) is 1.95. The van der Waals surface area contributed by atoms with Crippen molar-refractivity contribution in [1.82, 2.24) is 20.0 Å². The maximum atomic E-state index is 8.77. The summed E-state index contributed by atoms with van der Waals surface area (Å²) in [6.07, 6.45) is 1.73. The molecular weight excluding hydrogens is 210 g/mol. The van der Waals surface area contributed by atoms with Gasteiger partial charge in [0.25, 0.3) is 0 Å². The average Bonchev–Trinajstić information content (AvgIpc) is 2.73. The average molecular weight is 219 g/mol. The summed E-state index contributed by atoms with van der Waals surface area (Å²) in [6.45, 7) is 4.31. The normalized spacial score (nSPS) is 10.2. The van der Waals surface area contributed by atoms with Gasteiger partial charge in [0.2, 0.25) is 0 Å². The van der Waals surface area contributed by atoms with Crippen LogP contribution in [0.3, 0.4) is 0 Å². The first kappa shape index (κ1) is 9.80. The summed E-state index contributed by atoms with van der Waals surface area (Å²) in [6, 6.07) is 2.09. The molecule has 0 atom stereocenters. The SMILES string of the molecule is Cc1nnc(Cn2cc(C#N)c(C)n2)s1. The van der Waals surface area contributed by atoms with Crippen LogP contribution in [0.5, 0.6) is 0 Å². The highest BCUT2D eigenvalue weighted by Crippen LogP contribution is 2.11. The molecule has 2 heterocycles. The van der Waals surface area contributed by atoms with Crippen LogP contribution >= 0.6 is 11.3 Å². The summed E-state index contributed by atoms with van der Waals surface area (Å²) in [5, 5.41) is 22.8. The van der Waals surface area contributed by atoms with Gasteiger partial charge in [-0.15, -0.1) is 10.2 Å². The van der Waals surface area contributed by atoms with Crippen molar-refractivity contribution in [2.45, 2.75) is 20.4 Å². The van der Waals surface area contributed by atoms with E-state index in [-0.39, 0.29) is 0 Å². The molecule has 2 aromatic heterocycles. The van der Waals surface area contributed by atoms with E-state index in [1.165, 1.54) is 11.3 Å². The maximum Gasteiger partial charge on any atom is 0.139 e. The smallest absolute Gasteiger partial charge is 0.139 e. The van der Waals surface area contributed by atoms with E-state index in [4.69, 9.17) is 5.26 Å². The van der Waals surface area contributed by atoms with Gasteiger partial charge in [0.05, 0.1) is 17.8 Å². The summed E-state index contributed by atoms with van der Waals surface area (Å²) in [4.78, 5) is 0. The number of aromatic nitrogens is 4. The zero-order valence-electron chi connectivity index (χ0n) is 8.43. The third kappa shape index (κ3) is 2.02. The van der Waals surface area contributed by atoms with Crippen LogP contribution in [0.1, 0.15) is 21.3 Å². The van der Waals surface area contributed by atoms with E-state index >= 15 is 0 Å². The number of hydrogen-bond acceptors (Lipinski definition) is 5. The summed E-state index contributed by atoms with van der Waals surface area (Å²) in [5.74, 6) is 0. The third-order valence-electron chi connectivity index (χ3n) is 1.93. The van der Waals surface area contributed by atoms with E-state index in [1.807, 2.05) is 13.8 Å². The van der Waals surface area contributed by atoms with E-state index in [1.54, 1.807) is 10.9 Å². The molecule has 0 aromatic carbocycles. The second-order valence-electron chi connectivity index (χ2n) is 3.15. The van der Waals surface area contributed by atoms with Crippen molar-refractivity contribution >= 4 is 11.3 Å². The molecule has 15 heavy (non-hydrogen) atoms. The van der Waals surface area contributed by atoms with Gasteiger partial charge in [-0.25, -0.2) is 0 Å². The molecule has 0 spiro atoms. The standard InChI is InChI=1S/C9H9N5S/c1-6-8(3-10)4-14(13-6)5-9-12-11-7(2)15-9/h4H,5H2,1-2H3. The second kappa shape index (κ2) is 3.79. The van der Waals surface area contributed by atoms with Crippen LogP contribution < -0.4 is 0 Å². The third-order valence-corrected chi connectivity index (χ3v) is 2.76. The summed E-state index contributed by atoms with van der Waals surface area (Å²) in [5.41, 5.74) is 1.36. The molecule has 2 aromatic rings. The van der Waals surface area contributed by atoms with Crippen molar-refractivity contribution in [3.63, 3.8) is 0 Å². The lowest BCUT2D eigenvalue weighted by atomic mass is 10.3. The van der Waals surface area contributed by atoms with E-state index in [0.717, 1.165) is 15.7 Å². The summed E-state index contributed by atoms with van der Waals surface area (Å²) < 4.78 is 1.72. The van der Waals surface area contributed by atoms with Crippen molar-refractivity contribution in [1.29, 1.82) is 5.26 Å². The largest absolute Gasteiger partial charge is 0.264 e. The van der Waals surface area contributed by atoms with Gasteiger partial charge in [0, 0.05) is 6.20 Å². The van der Waals surface area contributed by atoms with E-state index in [2.05, 4.69) is 21.4 Å². The van der Waals surface area contributed by atoms with Gasteiger partial charge in [0.15, 0.2) is 0 Å². The highest BCUT2D eigenvalue weighted by molar-refractivity contribution is 7.11. The molecule has 76 valence electrons. The Kier molecular flexibility index (Phi) is 2.47. The number of nitriles is 1. The van der Waals surface area contributed by atoms with Crippen molar-refractivity contribution in [3.05, 3.63) is 27.5 Å². The quantitative estimate of drug-likeness (QED) is 0.762. The minimum Gasteiger partial charge on any atom is -0.264 e. The maximum absolute atomic E-state index is 8.77. The zero-order valence-corrected chi connectivity index (χ0v) is 9.25. The lowest BCUT2D eigenvalue weighted by molar-refractivity contribution is 0.670. The molecule has 0 saturated heterocycles. The number of rotatable bonds is 2. The van der Waals surface area contributed by atoms with Gasteiger partial charge in [-0.05, 0) is 13.8 Å². The number of nitrogens with zero attached hydrogens (tertiary/aromatic N) is 5. The minimum atomic E-state index is 0.577. The fraction of sp³-hybridized carbons (Fsp3) is 0.333. The van der Waals surface area contributed by atoms with Gasteiger partial charge in [-0.3, -0.25) is 4.68 Å². The Balaban J connectivity index is 2.22. The Morgan fingerprint density at radius 1 is 1.47 bits per heavy atom. The molecule has 0 radical (unpaired) electrons. The van der Waals surface area contributed by atoms with E-state index in [9.17, 15) is 0 Å². The summed E-state index contributed by atoms with van der Waals surface area (Å²) >= 11 is 1.54. The Morgan fingerprint density at radius 3 is 2.80 bits per heavy atom. The molecule has 5 nitrogen and oxygen atoms in total. The van der Waals surface area contributed by atoms with Crippen LogP contribution in [0.25, 0.3) is 0 Å². The lowest BCUT2D eigenvalue weighted by Crippen LogP contribution is -1.99.